The minimum absolute atomic E-state index is 0.154. The normalized spacial score (nSPS) is 22.0. The van der Waals surface area contributed by atoms with Crippen molar-refractivity contribution < 1.29 is 9.90 Å². The van der Waals surface area contributed by atoms with Crippen LogP contribution >= 0.6 is 23.2 Å². The zero-order valence-corrected chi connectivity index (χ0v) is 16.7. The van der Waals surface area contributed by atoms with Crippen molar-refractivity contribution in [3.63, 3.8) is 0 Å². The number of fused-ring (bicyclic) bond motifs is 1. The van der Waals surface area contributed by atoms with Crippen LogP contribution in [0, 0.1) is 5.92 Å². The summed E-state index contributed by atoms with van der Waals surface area (Å²) in [6.07, 6.45) is 0.587. The van der Waals surface area contributed by atoms with Gasteiger partial charge in [-0.15, -0.1) is 0 Å². The van der Waals surface area contributed by atoms with E-state index in [1.807, 2.05) is 24.3 Å². The second-order valence-electron chi connectivity index (χ2n) is 6.34. The standard InChI is InChI=1S/C19H14Cl2N2O2Se/c20-12-5-1-10(2-6-12)14-9-15-18(26-23-22-15)16(17(14)19(24)25)11-3-7-13(21)8-4-11/h1-8,14,16-17H,9H2,(H,24,25). The summed E-state index contributed by atoms with van der Waals surface area (Å²) in [7, 11) is 0. The topological polar surface area (TPSA) is 63.1 Å². The third-order valence-corrected chi connectivity index (χ3v) is 7.17. The van der Waals surface area contributed by atoms with Crippen LogP contribution in [0.1, 0.15) is 33.1 Å². The number of carboxylic acids is 1. The van der Waals surface area contributed by atoms with E-state index in [2.05, 4.69) is 9.19 Å². The minimum atomic E-state index is -0.806. The molecule has 0 saturated carbocycles. The van der Waals surface area contributed by atoms with E-state index >= 15 is 0 Å². The van der Waals surface area contributed by atoms with Gasteiger partial charge in [-0.25, -0.2) is 0 Å². The van der Waals surface area contributed by atoms with Crippen LogP contribution in [-0.4, -0.2) is 35.0 Å². The van der Waals surface area contributed by atoms with Gasteiger partial charge < -0.3 is 0 Å². The van der Waals surface area contributed by atoms with Crippen LogP contribution in [0.2, 0.25) is 10.0 Å². The molecule has 4 nitrogen and oxygen atoms in total. The van der Waals surface area contributed by atoms with Crippen molar-refractivity contribution in [1.29, 1.82) is 0 Å². The van der Waals surface area contributed by atoms with Crippen LogP contribution < -0.4 is 0 Å². The van der Waals surface area contributed by atoms with Crippen molar-refractivity contribution in [2.45, 2.75) is 18.3 Å². The van der Waals surface area contributed by atoms with Crippen molar-refractivity contribution in [3.8, 4) is 0 Å². The molecule has 4 rings (SSSR count). The Hall–Kier alpha value is -1.65. The molecule has 26 heavy (non-hydrogen) atoms. The van der Waals surface area contributed by atoms with Crippen LogP contribution in [0.5, 0.6) is 0 Å². The summed E-state index contributed by atoms with van der Waals surface area (Å²) in [5.41, 5.74) is 2.84. The van der Waals surface area contributed by atoms with Gasteiger partial charge in [0.25, 0.3) is 0 Å². The summed E-state index contributed by atoms with van der Waals surface area (Å²) in [4.78, 5) is 12.3. The fourth-order valence-electron chi connectivity index (χ4n) is 3.70. The van der Waals surface area contributed by atoms with Gasteiger partial charge in [0.1, 0.15) is 0 Å². The molecule has 1 heterocycles. The van der Waals surface area contributed by atoms with E-state index in [0.717, 1.165) is 21.3 Å². The Kier molecular flexibility index (Phi) is 4.89. The van der Waals surface area contributed by atoms with E-state index in [4.69, 9.17) is 23.2 Å². The number of nitrogens with zero attached hydrogens (tertiary/aromatic N) is 2. The zero-order chi connectivity index (χ0) is 18.3. The fourth-order valence-corrected chi connectivity index (χ4v) is 5.74. The molecule has 0 aliphatic heterocycles. The van der Waals surface area contributed by atoms with Crippen LogP contribution in [0.25, 0.3) is 0 Å². The van der Waals surface area contributed by atoms with Crippen molar-refractivity contribution >= 4 is 43.9 Å². The average Bonchev–Trinajstić information content (AvgIpc) is 3.10. The number of carboxylic acid groups (broad SMARTS) is 1. The van der Waals surface area contributed by atoms with Crippen LogP contribution in [-0.2, 0) is 11.2 Å². The van der Waals surface area contributed by atoms with Gasteiger partial charge >= 0.3 is 167 Å². The number of hydrogen-bond acceptors (Lipinski definition) is 3. The molecule has 0 saturated heterocycles. The summed E-state index contributed by atoms with van der Waals surface area (Å²) < 4.78 is 5.30. The van der Waals surface area contributed by atoms with Gasteiger partial charge in [0.05, 0.1) is 0 Å². The Bertz CT molecular complexity index is 941. The molecule has 3 unspecified atom stereocenters. The predicted molar refractivity (Wildman–Crippen MR) is 101 cm³/mol. The maximum absolute atomic E-state index is 12.3. The van der Waals surface area contributed by atoms with Gasteiger partial charge in [0, 0.05) is 0 Å². The van der Waals surface area contributed by atoms with Gasteiger partial charge in [-0.3, -0.25) is 0 Å². The van der Waals surface area contributed by atoms with Gasteiger partial charge in [-0.1, -0.05) is 0 Å². The predicted octanol–water partition coefficient (Wildman–Crippen LogP) is 4.01. The molecule has 132 valence electrons. The van der Waals surface area contributed by atoms with Gasteiger partial charge in [-0.05, 0) is 0 Å². The Morgan fingerprint density at radius 2 is 1.58 bits per heavy atom. The van der Waals surface area contributed by atoms with Crippen LogP contribution in [0.4, 0.5) is 0 Å². The number of aromatic nitrogens is 2. The second-order valence-corrected chi connectivity index (χ2v) is 8.86. The molecule has 0 spiro atoms. The molecule has 7 heteroatoms. The van der Waals surface area contributed by atoms with Crippen molar-refractivity contribution in [2.24, 2.45) is 5.92 Å². The summed E-state index contributed by atoms with van der Waals surface area (Å²) in [5.74, 6) is -1.82. The SMILES string of the molecule is O=C(O)C1C(c2ccc(Cl)cc2)Cc2nn[se]c2C1c1ccc(Cl)cc1. The first-order valence-corrected chi connectivity index (χ1v) is 10.5. The van der Waals surface area contributed by atoms with E-state index in [1.54, 1.807) is 24.3 Å². The zero-order valence-electron chi connectivity index (χ0n) is 13.5. The number of benzene rings is 2. The van der Waals surface area contributed by atoms with Crippen molar-refractivity contribution in [2.75, 3.05) is 0 Å². The third-order valence-electron chi connectivity index (χ3n) is 4.89. The van der Waals surface area contributed by atoms with Gasteiger partial charge in [0.2, 0.25) is 0 Å². The quantitative estimate of drug-likeness (QED) is 0.611. The van der Waals surface area contributed by atoms with Gasteiger partial charge in [0.15, 0.2) is 0 Å². The van der Waals surface area contributed by atoms with Gasteiger partial charge in [-0.2, -0.15) is 0 Å². The Morgan fingerprint density at radius 1 is 1.00 bits per heavy atom. The molecule has 1 aliphatic carbocycles. The summed E-state index contributed by atoms with van der Waals surface area (Å²) >= 11 is 11.9. The van der Waals surface area contributed by atoms with Crippen molar-refractivity contribution in [1.82, 2.24) is 9.19 Å². The average molecular weight is 452 g/mol. The number of rotatable bonds is 3. The molecule has 3 atom stereocenters. The summed E-state index contributed by atoms with van der Waals surface area (Å²) in [6, 6.07) is 14.8. The molecule has 0 radical (unpaired) electrons. The van der Waals surface area contributed by atoms with E-state index in [9.17, 15) is 9.90 Å². The number of hydrogen-bond donors (Lipinski definition) is 1. The van der Waals surface area contributed by atoms with Crippen LogP contribution in [0.15, 0.2) is 48.5 Å². The first-order chi connectivity index (χ1) is 12.5. The molecule has 2 aromatic carbocycles. The number of halogens is 2. The first-order valence-electron chi connectivity index (χ1n) is 8.09. The van der Waals surface area contributed by atoms with E-state index in [1.165, 1.54) is 0 Å². The van der Waals surface area contributed by atoms with Crippen LogP contribution in [0.3, 0.4) is 0 Å². The van der Waals surface area contributed by atoms with E-state index in [0.29, 0.717) is 16.5 Å². The Morgan fingerprint density at radius 3 is 2.15 bits per heavy atom. The van der Waals surface area contributed by atoms with Crippen molar-refractivity contribution in [3.05, 3.63) is 79.8 Å². The molecular weight excluding hydrogens is 438 g/mol. The molecule has 3 aromatic rings. The fraction of sp³-hybridized carbons (Fsp3) is 0.211. The molecule has 1 aliphatic rings. The van der Waals surface area contributed by atoms with E-state index < -0.39 is 11.9 Å². The molecule has 0 bridgehead atoms. The third kappa shape index (κ3) is 3.21. The first kappa shape index (κ1) is 17.7. The maximum atomic E-state index is 12.3. The molecular formula is C19H14Cl2N2O2Se. The summed E-state index contributed by atoms with van der Waals surface area (Å²) in [5, 5.41) is 15.7. The van der Waals surface area contributed by atoms with E-state index in [-0.39, 0.29) is 26.6 Å². The Balaban J connectivity index is 1.86. The molecule has 1 N–H and O–H groups in total. The molecule has 0 fully saturated rings. The summed E-state index contributed by atoms with van der Waals surface area (Å²) in [6.45, 7) is 0. The second kappa shape index (κ2) is 7.16. The monoisotopic (exact) mass is 452 g/mol. The molecule has 1 aromatic heterocycles. The number of aliphatic carboxylic acids is 1. The number of carbonyl (C=O) groups is 1. The Labute approximate surface area is 166 Å². The molecule has 0 amide bonds.